The van der Waals surface area contributed by atoms with Gasteiger partial charge in [-0.1, -0.05) is 180 Å². The Morgan fingerprint density at radius 2 is 0.667 bits per heavy atom. The molecule has 0 aromatic heterocycles. The van der Waals surface area contributed by atoms with E-state index in [2.05, 4.69) is 227 Å². The first-order valence-electron chi connectivity index (χ1n) is 17.6. The maximum Gasteiger partial charge on any atom is 0.0462 e. The Bertz CT molecular complexity index is 2110. The third kappa shape index (κ3) is 9.71. The number of aryl methyl sites for hydroxylation is 4. The van der Waals surface area contributed by atoms with Gasteiger partial charge >= 0.3 is 0 Å². The third-order valence-electron chi connectivity index (χ3n) is 8.84. The molecule has 0 atom stereocenters. The van der Waals surface area contributed by atoms with Gasteiger partial charge < -0.3 is 4.90 Å². The molecule has 7 aromatic carbocycles. The van der Waals surface area contributed by atoms with Gasteiger partial charge in [-0.2, -0.15) is 0 Å². The Hall–Kier alpha value is -6.18. The van der Waals surface area contributed by atoms with Gasteiger partial charge in [-0.25, -0.2) is 0 Å². The monoisotopic (exact) mass is 659 g/mol. The smallest absolute Gasteiger partial charge is 0.0462 e. The lowest BCUT2D eigenvalue weighted by atomic mass is 9.95. The Morgan fingerprint density at radius 1 is 0.333 bits per heavy atom. The second kappa shape index (κ2) is 17.0. The zero-order chi connectivity index (χ0) is 35.4. The summed E-state index contributed by atoms with van der Waals surface area (Å²) in [5.74, 6) is 0. The van der Waals surface area contributed by atoms with E-state index >= 15 is 0 Å². The third-order valence-corrected chi connectivity index (χ3v) is 8.84. The van der Waals surface area contributed by atoms with Crippen molar-refractivity contribution in [3.63, 3.8) is 0 Å². The van der Waals surface area contributed by atoms with Crippen molar-refractivity contribution < 1.29 is 0 Å². The van der Waals surface area contributed by atoms with Crippen LogP contribution in [0, 0.1) is 27.7 Å². The van der Waals surface area contributed by atoms with Crippen LogP contribution in [-0.2, 0) is 0 Å². The summed E-state index contributed by atoms with van der Waals surface area (Å²) in [6, 6.07) is 64.4. The predicted octanol–water partition coefficient (Wildman–Crippen LogP) is 13.8. The molecule has 1 heteroatoms. The summed E-state index contributed by atoms with van der Waals surface area (Å²) in [6.45, 7) is 8.47. The fourth-order valence-electron chi connectivity index (χ4n) is 5.84. The van der Waals surface area contributed by atoms with Crippen molar-refractivity contribution in [3.8, 4) is 0 Å². The maximum atomic E-state index is 2.30. The molecule has 0 amide bonds. The first-order valence-corrected chi connectivity index (χ1v) is 17.6. The van der Waals surface area contributed by atoms with Crippen LogP contribution in [0.4, 0.5) is 17.1 Å². The Morgan fingerprint density at radius 3 is 1.12 bits per heavy atom. The van der Waals surface area contributed by atoms with Crippen molar-refractivity contribution in [1.29, 1.82) is 0 Å². The zero-order valence-corrected chi connectivity index (χ0v) is 30.0. The van der Waals surface area contributed by atoms with Gasteiger partial charge in [0.1, 0.15) is 0 Å². The predicted molar refractivity (Wildman–Crippen MR) is 222 cm³/mol. The summed E-state index contributed by atoms with van der Waals surface area (Å²) in [4.78, 5) is 2.30. The average molecular weight is 660 g/mol. The van der Waals surface area contributed by atoms with Gasteiger partial charge in [-0.15, -0.1) is 0 Å². The number of hydrogen-bond donors (Lipinski definition) is 0. The van der Waals surface area contributed by atoms with Crippen LogP contribution in [0.3, 0.4) is 0 Å². The number of hydrogen-bond acceptors (Lipinski definition) is 1. The minimum Gasteiger partial charge on any atom is -0.311 e. The van der Waals surface area contributed by atoms with Gasteiger partial charge in [0.25, 0.3) is 0 Å². The van der Waals surface area contributed by atoms with Crippen LogP contribution in [0.15, 0.2) is 182 Å². The highest BCUT2D eigenvalue weighted by Crippen LogP contribution is 2.35. The van der Waals surface area contributed by atoms with Crippen LogP contribution in [-0.4, -0.2) is 0 Å². The van der Waals surface area contributed by atoms with Gasteiger partial charge in [0.15, 0.2) is 0 Å². The average Bonchev–Trinajstić information content (AvgIpc) is 3.17. The minimum absolute atomic E-state index is 1.15. The van der Waals surface area contributed by atoms with E-state index in [4.69, 9.17) is 0 Å². The largest absolute Gasteiger partial charge is 0.311 e. The lowest BCUT2D eigenvalue weighted by Gasteiger charge is -2.25. The highest BCUT2D eigenvalue weighted by Gasteiger charge is 2.12. The number of nitrogens with zero attached hydrogens (tertiary/aromatic N) is 1. The molecule has 0 aliphatic rings. The molecular formula is C50H45N. The SMILES string of the molecule is Cc1ccc(/C(=C/c2ccccc2)c2ccccc2)cc1.Cc1ccc(/C=C/c2ccc(N(c3ccc(C)cc3)c3ccc(C)cc3)cc2)cc1. The second-order valence-corrected chi connectivity index (χ2v) is 13.0. The minimum atomic E-state index is 1.15. The fraction of sp³-hybridized carbons (Fsp3) is 0.0800. The van der Waals surface area contributed by atoms with Crippen molar-refractivity contribution in [2.24, 2.45) is 0 Å². The van der Waals surface area contributed by atoms with E-state index in [1.165, 1.54) is 55.6 Å². The first-order chi connectivity index (χ1) is 24.9. The van der Waals surface area contributed by atoms with E-state index in [1.54, 1.807) is 0 Å². The van der Waals surface area contributed by atoms with Crippen LogP contribution in [0.1, 0.15) is 50.1 Å². The molecular weight excluding hydrogens is 615 g/mol. The molecule has 0 aliphatic carbocycles. The fourth-order valence-corrected chi connectivity index (χ4v) is 5.84. The topological polar surface area (TPSA) is 3.24 Å². The van der Waals surface area contributed by atoms with Gasteiger partial charge in [-0.05, 0) is 104 Å². The van der Waals surface area contributed by atoms with E-state index in [9.17, 15) is 0 Å². The van der Waals surface area contributed by atoms with Crippen molar-refractivity contribution in [2.45, 2.75) is 27.7 Å². The summed E-state index contributed by atoms with van der Waals surface area (Å²) in [5.41, 5.74) is 15.9. The van der Waals surface area contributed by atoms with E-state index < -0.39 is 0 Å². The molecule has 51 heavy (non-hydrogen) atoms. The quantitative estimate of drug-likeness (QED) is 0.147. The zero-order valence-electron chi connectivity index (χ0n) is 30.0. The van der Waals surface area contributed by atoms with Crippen molar-refractivity contribution in [3.05, 3.63) is 232 Å². The summed E-state index contributed by atoms with van der Waals surface area (Å²) in [7, 11) is 0. The Labute approximate surface area is 304 Å². The summed E-state index contributed by atoms with van der Waals surface area (Å²) >= 11 is 0. The van der Waals surface area contributed by atoms with Crippen LogP contribution in [0.25, 0.3) is 23.8 Å². The van der Waals surface area contributed by atoms with Crippen LogP contribution in [0.5, 0.6) is 0 Å². The summed E-state index contributed by atoms with van der Waals surface area (Å²) in [6.07, 6.45) is 6.57. The van der Waals surface area contributed by atoms with Gasteiger partial charge in [-0.3, -0.25) is 0 Å². The molecule has 7 aromatic rings. The summed E-state index contributed by atoms with van der Waals surface area (Å²) in [5, 5.41) is 0. The number of benzene rings is 7. The molecule has 0 fully saturated rings. The Kier molecular flexibility index (Phi) is 11.5. The van der Waals surface area contributed by atoms with E-state index in [0.717, 1.165) is 17.1 Å². The first kappa shape index (κ1) is 34.7. The van der Waals surface area contributed by atoms with Crippen LogP contribution in [0.2, 0.25) is 0 Å². The molecule has 250 valence electrons. The van der Waals surface area contributed by atoms with Crippen molar-refractivity contribution in [1.82, 2.24) is 0 Å². The molecule has 0 spiro atoms. The Balaban J connectivity index is 0.000000187. The second-order valence-electron chi connectivity index (χ2n) is 13.0. The number of anilines is 3. The van der Waals surface area contributed by atoms with E-state index in [0.29, 0.717) is 0 Å². The molecule has 7 rings (SSSR count). The van der Waals surface area contributed by atoms with Crippen molar-refractivity contribution in [2.75, 3.05) is 4.90 Å². The molecule has 0 saturated carbocycles. The summed E-state index contributed by atoms with van der Waals surface area (Å²) < 4.78 is 0. The van der Waals surface area contributed by atoms with E-state index in [-0.39, 0.29) is 0 Å². The van der Waals surface area contributed by atoms with Gasteiger partial charge in [0.2, 0.25) is 0 Å². The molecule has 0 saturated heterocycles. The highest BCUT2D eigenvalue weighted by atomic mass is 15.1. The highest BCUT2D eigenvalue weighted by molar-refractivity contribution is 5.91. The molecule has 0 unspecified atom stereocenters. The number of rotatable bonds is 8. The molecule has 1 nitrogen and oxygen atoms in total. The molecule has 0 bridgehead atoms. The lowest BCUT2D eigenvalue weighted by Crippen LogP contribution is -2.09. The molecule has 0 heterocycles. The maximum absolute atomic E-state index is 2.30. The van der Waals surface area contributed by atoms with Crippen molar-refractivity contribution >= 4 is 40.9 Å². The van der Waals surface area contributed by atoms with Gasteiger partial charge in [0, 0.05) is 17.1 Å². The van der Waals surface area contributed by atoms with Crippen LogP contribution < -0.4 is 4.90 Å². The lowest BCUT2D eigenvalue weighted by molar-refractivity contribution is 1.27. The van der Waals surface area contributed by atoms with Gasteiger partial charge in [0.05, 0.1) is 0 Å². The molecule has 0 N–H and O–H groups in total. The molecule has 0 aliphatic heterocycles. The van der Waals surface area contributed by atoms with E-state index in [1.807, 2.05) is 6.07 Å². The normalized spacial score (nSPS) is 11.2. The molecule has 0 radical (unpaired) electrons. The standard InChI is InChI=1S/C29H27N.C21H18/c1-22-4-10-25(11-5-22)12-13-26-14-20-29(21-15-26)30(27-16-6-23(2)7-17-27)28-18-8-24(3)9-19-28;1-17-12-14-20(15-13-17)21(19-10-6-3-7-11-19)16-18-8-4-2-5-9-18/h4-21H,1-3H3;2-16H,1H3/b13-12+;21-16+. The van der Waals surface area contributed by atoms with Crippen LogP contribution >= 0.6 is 0 Å².